The summed E-state index contributed by atoms with van der Waals surface area (Å²) in [5.74, 6) is 0.481. The zero-order chi connectivity index (χ0) is 12.5. The van der Waals surface area contributed by atoms with E-state index >= 15 is 0 Å². The third kappa shape index (κ3) is 6.34. The predicted molar refractivity (Wildman–Crippen MR) is 69.7 cm³/mol. The smallest absolute Gasteiger partial charge is 0.512 e. The second-order valence-corrected chi connectivity index (χ2v) is 4.25. The van der Waals surface area contributed by atoms with Gasteiger partial charge in [-0.1, -0.05) is 44.7 Å². The molecule has 0 saturated carbocycles. The number of rotatable bonds is 8. The normalized spacial score (nSPS) is 10.3. The van der Waals surface area contributed by atoms with Crippen molar-refractivity contribution in [3.05, 3.63) is 29.8 Å². The van der Waals surface area contributed by atoms with Crippen LogP contribution in [0.2, 0.25) is 0 Å². The van der Waals surface area contributed by atoms with Crippen molar-refractivity contribution in [3.8, 4) is 5.75 Å². The number of hydrogen-bond acceptors (Lipinski definition) is 3. The first-order chi connectivity index (χ1) is 8.22. The van der Waals surface area contributed by atoms with Crippen LogP contribution < -0.4 is 4.65 Å². The average molecular weight is 236 g/mol. The molecule has 0 aliphatic carbocycles. The summed E-state index contributed by atoms with van der Waals surface area (Å²) in [6.45, 7) is 2.22. The third-order valence-corrected chi connectivity index (χ3v) is 2.73. The minimum atomic E-state index is -1.74. The Morgan fingerprint density at radius 3 is 2.24 bits per heavy atom. The van der Waals surface area contributed by atoms with Gasteiger partial charge in [-0.25, -0.2) is 0 Å². The lowest BCUT2D eigenvalue weighted by Crippen LogP contribution is -2.20. The highest BCUT2D eigenvalue weighted by atomic mass is 16.6. The topological polar surface area (TPSA) is 49.7 Å². The van der Waals surface area contributed by atoms with E-state index < -0.39 is 7.32 Å². The predicted octanol–water partition coefficient (Wildman–Crippen LogP) is 2.55. The summed E-state index contributed by atoms with van der Waals surface area (Å²) in [6, 6.07) is 7.47. The quantitative estimate of drug-likeness (QED) is 0.538. The Morgan fingerprint density at radius 1 is 1.00 bits per heavy atom. The first kappa shape index (κ1) is 14.1. The van der Waals surface area contributed by atoms with Crippen LogP contribution in [0.4, 0.5) is 0 Å². The van der Waals surface area contributed by atoms with Crippen molar-refractivity contribution < 1.29 is 14.7 Å². The summed E-state index contributed by atoms with van der Waals surface area (Å²) >= 11 is 0. The zero-order valence-corrected chi connectivity index (χ0v) is 10.4. The maximum atomic E-state index is 8.63. The van der Waals surface area contributed by atoms with Gasteiger partial charge in [-0.05, 0) is 30.5 Å². The highest BCUT2D eigenvalue weighted by Crippen LogP contribution is 2.14. The molecule has 0 atom stereocenters. The summed E-state index contributed by atoms with van der Waals surface area (Å²) in [6.07, 6.45) is 7.47. The van der Waals surface area contributed by atoms with Crippen molar-refractivity contribution in [3.63, 3.8) is 0 Å². The van der Waals surface area contributed by atoms with Crippen LogP contribution in [0.1, 0.15) is 44.6 Å². The number of unbranched alkanes of at least 4 members (excludes halogenated alkanes) is 4. The Hall–Kier alpha value is -0.995. The molecule has 0 unspecified atom stereocenters. The average Bonchev–Trinajstić information content (AvgIpc) is 2.30. The van der Waals surface area contributed by atoms with Crippen molar-refractivity contribution in [1.82, 2.24) is 0 Å². The first-order valence-electron chi connectivity index (χ1n) is 6.34. The van der Waals surface area contributed by atoms with E-state index in [1.807, 2.05) is 12.1 Å². The van der Waals surface area contributed by atoms with Gasteiger partial charge in [0.2, 0.25) is 0 Å². The van der Waals surface area contributed by atoms with E-state index in [1.165, 1.54) is 37.7 Å². The van der Waals surface area contributed by atoms with Crippen molar-refractivity contribution >= 4 is 7.32 Å². The van der Waals surface area contributed by atoms with E-state index in [1.54, 1.807) is 12.1 Å². The molecule has 1 aromatic rings. The molecule has 0 fully saturated rings. The molecule has 0 amide bonds. The van der Waals surface area contributed by atoms with Crippen LogP contribution in [0.15, 0.2) is 24.3 Å². The van der Waals surface area contributed by atoms with Crippen LogP contribution in [-0.2, 0) is 6.42 Å². The molecular weight excluding hydrogens is 215 g/mol. The summed E-state index contributed by atoms with van der Waals surface area (Å²) < 4.78 is 4.74. The minimum Gasteiger partial charge on any atom is -0.512 e. The van der Waals surface area contributed by atoms with Gasteiger partial charge in [0.1, 0.15) is 5.75 Å². The SMILES string of the molecule is CCCCCCCc1ccc(OB(O)O)cc1. The van der Waals surface area contributed by atoms with E-state index in [0.717, 1.165) is 6.42 Å². The Labute approximate surface area is 104 Å². The third-order valence-electron chi connectivity index (χ3n) is 2.73. The molecule has 0 heterocycles. The second kappa shape index (κ2) is 8.15. The lowest BCUT2D eigenvalue weighted by Gasteiger charge is -2.06. The molecule has 4 heteroatoms. The lowest BCUT2D eigenvalue weighted by atomic mass is 10.1. The van der Waals surface area contributed by atoms with E-state index in [9.17, 15) is 0 Å². The Bertz CT molecular complexity index is 298. The summed E-state index contributed by atoms with van der Waals surface area (Å²) in [7, 11) is -1.74. The van der Waals surface area contributed by atoms with Crippen LogP contribution in [0.3, 0.4) is 0 Å². The van der Waals surface area contributed by atoms with Gasteiger partial charge in [0.05, 0.1) is 0 Å². The highest BCUT2D eigenvalue weighted by molar-refractivity contribution is 6.33. The fraction of sp³-hybridized carbons (Fsp3) is 0.538. The second-order valence-electron chi connectivity index (χ2n) is 4.25. The van der Waals surface area contributed by atoms with Gasteiger partial charge in [-0.15, -0.1) is 0 Å². The molecule has 0 bridgehead atoms. The fourth-order valence-electron chi connectivity index (χ4n) is 1.79. The monoisotopic (exact) mass is 236 g/mol. The van der Waals surface area contributed by atoms with Gasteiger partial charge in [-0.2, -0.15) is 0 Å². The number of hydrogen-bond donors (Lipinski definition) is 2. The molecule has 1 rings (SSSR count). The van der Waals surface area contributed by atoms with Gasteiger partial charge < -0.3 is 14.7 Å². The van der Waals surface area contributed by atoms with Crippen molar-refractivity contribution in [2.45, 2.75) is 45.4 Å². The maximum absolute atomic E-state index is 8.63. The molecule has 17 heavy (non-hydrogen) atoms. The molecule has 0 spiro atoms. The summed E-state index contributed by atoms with van der Waals surface area (Å²) in [4.78, 5) is 0. The van der Waals surface area contributed by atoms with E-state index in [-0.39, 0.29) is 0 Å². The summed E-state index contributed by atoms with van der Waals surface area (Å²) in [5, 5.41) is 17.3. The van der Waals surface area contributed by atoms with Crippen LogP contribution in [0.25, 0.3) is 0 Å². The molecule has 94 valence electrons. The van der Waals surface area contributed by atoms with Gasteiger partial charge in [0.15, 0.2) is 0 Å². The lowest BCUT2D eigenvalue weighted by molar-refractivity contribution is 0.288. The fourth-order valence-corrected chi connectivity index (χ4v) is 1.79. The number of benzene rings is 1. The molecule has 0 saturated heterocycles. The Balaban J connectivity index is 2.25. The molecule has 2 N–H and O–H groups in total. The first-order valence-corrected chi connectivity index (χ1v) is 6.34. The van der Waals surface area contributed by atoms with Crippen molar-refractivity contribution in [2.24, 2.45) is 0 Å². The Morgan fingerprint density at radius 2 is 1.65 bits per heavy atom. The molecule has 0 aliphatic rings. The minimum absolute atomic E-state index is 0.481. The van der Waals surface area contributed by atoms with E-state index in [2.05, 4.69) is 6.92 Å². The van der Waals surface area contributed by atoms with E-state index in [0.29, 0.717) is 5.75 Å². The molecule has 1 aromatic carbocycles. The molecular formula is C13H21BO3. The molecule has 0 aromatic heterocycles. The highest BCUT2D eigenvalue weighted by Gasteiger charge is 2.10. The van der Waals surface area contributed by atoms with Gasteiger partial charge in [0, 0.05) is 0 Å². The van der Waals surface area contributed by atoms with Gasteiger partial charge in [0.25, 0.3) is 0 Å². The van der Waals surface area contributed by atoms with Crippen molar-refractivity contribution in [2.75, 3.05) is 0 Å². The van der Waals surface area contributed by atoms with Crippen molar-refractivity contribution in [1.29, 1.82) is 0 Å². The largest absolute Gasteiger partial charge is 0.707 e. The molecule has 0 aliphatic heterocycles. The Kier molecular flexibility index (Phi) is 6.74. The molecule has 0 radical (unpaired) electrons. The summed E-state index contributed by atoms with van der Waals surface area (Å²) in [5.41, 5.74) is 1.27. The van der Waals surface area contributed by atoms with Gasteiger partial charge >= 0.3 is 7.32 Å². The maximum Gasteiger partial charge on any atom is 0.707 e. The zero-order valence-electron chi connectivity index (χ0n) is 10.4. The number of aryl methyl sites for hydroxylation is 1. The van der Waals surface area contributed by atoms with Crippen LogP contribution >= 0.6 is 0 Å². The standard InChI is InChI=1S/C13H21BO3/c1-2-3-4-5-6-7-12-8-10-13(11-9-12)17-14(15)16/h8-11,15-16H,2-7H2,1H3. The van der Waals surface area contributed by atoms with Crippen LogP contribution in [-0.4, -0.2) is 17.4 Å². The van der Waals surface area contributed by atoms with Crippen LogP contribution in [0.5, 0.6) is 5.75 Å². The van der Waals surface area contributed by atoms with Gasteiger partial charge in [-0.3, -0.25) is 0 Å². The molecule has 3 nitrogen and oxygen atoms in total. The van der Waals surface area contributed by atoms with E-state index in [4.69, 9.17) is 14.7 Å². The van der Waals surface area contributed by atoms with Crippen LogP contribution in [0, 0.1) is 0 Å².